The van der Waals surface area contributed by atoms with Crippen LogP contribution in [0.4, 0.5) is 11.4 Å². The number of carbonyl (C=O) groups excluding carboxylic acids is 1. The molecule has 1 aromatic carbocycles. The lowest BCUT2D eigenvalue weighted by molar-refractivity contribution is 0.108. The van der Waals surface area contributed by atoms with Gasteiger partial charge in [0, 0.05) is 38.9 Å². The van der Waals surface area contributed by atoms with E-state index in [2.05, 4.69) is 0 Å². The molecule has 0 aliphatic rings. The Labute approximate surface area is 132 Å². The van der Waals surface area contributed by atoms with Crippen molar-refractivity contribution < 1.29 is 13.2 Å². The van der Waals surface area contributed by atoms with Crippen LogP contribution in [0.5, 0.6) is 0 Å². The molecule has 0 aliphatic heterocycles. The molecule has 0 fully saturated rings. The quantitative estimate of drug-likeness (QED) is 0.774. The van der Waals surface area contributed by atoms with Crippen molar-refractivity contribution in [3.63, 3.8) is 0 Å². The molecule has 0 N–H and O–H groups in total. The molecule has 0 bridgehead atoms. The van der Waals surface area contributed by atoms with Gasteiger partial charge in [0.2, 0.25) is 0 Å². The Hall–Kier alpha value is -0.690. The van der Waals surface area contributed by atoms with Crippen molar-refractivity contribution in [2.45, 2.75) is 4.90 Å². The van der Waals surface area contributed by atoms with Crippen molar-refractivity contribution in [1.29, 1.82) is 0 Å². The van der Waals surface area contributed by atoms with E-state index in [1.54, 1.807) is 38.0 Å². The van der Waals surface area contributed by atoms with Crippen molar-refractivity contribution in [1.82, 2.24) is 0 Å². The number of carbonyl (C=O) groups is 1. The number of hydrogen-bond donors (Lipinski definition) is 0. The van der Waals surface area contributed by atoms with E-state index in [0.717, 1.165) is 0 Å². The average molecular weight is 360 g/mol. The highest BCUT2D eigenvalue weighted by Gasteiger charge is 2.29. The standard InChI is InChI=1S/C11H13Cl3N2O3S/c1-15(2)7-5-6(11(13)17)8(12)10(20(14,18)19)9(7)16(3)4/h5H,1-4H3. The molecule has 9 heteroatoms. The van der Waals surface area contributed by atoms with E-state index in [-0.39, 0.29) is 21.2 Å². The van der Waals surface area contributed by atoms with Crippen LogP contribution in [0.2, 0.25) is 5.02 Å². The topological polar surface area (TPSA) is 57.7 Å². The van der Waals surface area contributed by atoms with Crippen LogP contribution in [0.3, 0.4) is 0 Å². The zero-order chi connectivity index (χ0) is 15.8. The third kappa shape index (κ3) is 3.31. The van der Waals surface area contributed by atoms with E-state index in [1.807, 2.05) is 0 Å². The van der Waals surface area contributed by atoms with Crippen molar-refractivity contribution in [3.8, 4) is 0 Å². The maximum Gasteiger partial charge on any atom is 0.264 e. The zero-order valence-corrected chi connectivity index (χ0v) is 14.3. The third-order valence-corrected chi connectivity index (χ3v) is 4.62. The molecule has 0 unspecified atom stereocenters. The number of rotatable bonds is 4. The predicted octanol–water partition coefficient (Wildman–Crippen LogP) is 2.78. The van der Waals surface area contributed by atoms with Crippen molar-refractivity contribution in [2.24, 2.45) is 0 Å². The molecule has 0 radical (unpaired) electrons. The molecule has 0 aliphatic carbocycles. The minimum Gasteiger partial charge on any atom is -0.376 e. The van der Waals surface area contributed by atoms with Gasteiger partial charge in [0.25, 0.3) is 14.3 Å². The zero-order valence-electron chi connectivity index (χ0n) is 11.2. The number of halogens is 3. The van der Waals surface area contributed by atoms with Gasteiger partial charge in [0.15, 0.2) is 0 Å². The second-order valence-electron chi connectivity index (χ2n) is 4.44. The molecule has 0 saturated carbocycles. The second kappa shape index (κ2) is 5.97. The van der Waals surface area contributed by atoms with Crippen LogP contribution in [-0.4, -0.2) is 41.9 Å². The lowest BCUT2D eigenvalue weighted by Crippen LogP contribution is -2.20. The monoisotopic (exact) mass is 358 g/mol. The van der Waals surface area contributed by atoms with Gasteiger partial charge in [-0.1, -0.05) is 11.6 Å². The van der Waals surface area contributed by atoms with Crippen LogP contribution >= 0.6 is 33.9 Å². The van der Waals surface area contributed by atoms with Crippen LogP contribution < -0.4 is 9.80 Å². The maximum atomic E-state index is 11.8. The lowest BCUT2D eigenvalue weighted by atomic mass is 10.1. The second-order valence-corrected chi connectivity index (χ2v) is 7.66. The number of benzene rings is 1. The van der Waals surface area contributed by atoms with Crippen LogP contribution in [-0.2, 0) is 9.05 Å². The first-order valence-electron chi connectivity index (χ1n) is 5.34. The average Bonchev–Trinajstić information content (AvgIpc) is 2.25. The highest BCUT2D eigenvalue weighted by molar-refractivity contribution is 8.14. The fourth-order valence-electron chi connectivity index (χ4n) is 1.75. The van der Waals surface area contributed by atoms with Gasteiger partial charge in [-0.15, -0.1) is 0 Å². The van der Waals surface area contributed by atoms with Crippen molar-refractivity contribution in [2.75, 3.05) is 38.0 Å². The predicted molar refractivity (Wildman–Crippen MR) is 83.3 cm³/mol. The van der Waals surface area contributed by atoms with E-state index in [9.17, 15) is 13.2 Å². The van der Waals surface area contributed by atoms with Crippen LogP contribution in [0.25, 0.3) is 0 Å². The Morgan fingerprint density at radius 1 is 1.15 bits per heavy atom. The Morgan fingerprint density at radius 2 is 1.65 bits per heavy atom. The summed E-state index contributed by atoms with van der Waals surface area (Å²) in [6, 6.07) is 1.43. The molecule has 5 nitrogen and oxygen atoms in total. The summed E-state index contributed by atoms with van der Waals surface area (Å²) in [6.07, 6.45) is 0. The molecular weight excluding hydrogens is 347 g/mol. The fraction of sp³-hybridized carbons (Fsp3) is 0.364. The summed E-state index contributed by atoms with van der Waals surface area (Å²) in [5, 5.41) is -1.14. The Morgan fingerprint density at radius 3 is 1.95 bits per heavy atom. The Kier molecular flexibility index (Phi) is 5.18. The highest BCUT2D eigenvalue weighted by atomic mass is 35.7. The summed E-state index contributed by atoms with van der Waals surface area (Å²) in [4.78, 5) is 14.3. The van der Waals surface area contributed by atoms with Gasteiger partial charge in [-0.2, -0.15) is 0 Å². The first-order valence-corrected chi connectivity index (χ1v) is 8.40. The van der Waals surface area contributed by atoms with E-state index in [0.29, 0.717) is 5.69 Å². The van der Waals surface area contributed by atoms with E-state index in [4.69, 9.17) is 33.9 Å². The van der Waals surface area contributed by atoms with Gasteiger partial charge in [-0.25, -0.2) is 8.42 Å². The molecule has 112 valence electrons. The minimum absolute atomic E-state index is 0.109. The molecule has 0 heterocycles. The Balaban J connectivity index is 4.00. The molecule has 1 rings (SSSR count). The minimum atomic E-state index is -4.16. The third-order valence-electron chi connectivity index (χ3n) is 2.56. The van der Waals surface area contributed by atoms with Crippen LogP contribution in [0, 0.1) is 0 Å². The summed E-state index contributed by atoms with van der Waals surface area (Å²) in [5.74, 6) is 0. The molecular formula is C11H13Cl3N2O3S. The van der Waals surface area contributed by atoms with Gasteiger partial charge in [0.05, 0.1) is 22.0 Å². The summed E-state index contributed by atoms with van der Waals surface area (Å²) < 4.78 is 23.6. The van der Waals surface area contributed by atoms with Gasteiger partial charge < -0.3 is 9.80 Å². The van der Waals surface area contributed by atoms with E-state index >= 15 is 0 Å². The maximum absolute atomic E-state index is 11.8. The molecule has 1 aromatic rings. The fourth-order valence-corrected chi connectivity index (χ4v) is 3.89. The first kappa shape index (κ1) is 17.4. The molecule has 20 heavy (non-hydrogen) atoms. The van der Waals surface area contributed by atoms with E-state index < -0.39 is 14.3 Å². The summed E-state index contributed by atoms with van der Waals surface area (Å²) in [7, 11) is 7.98. The van der Waals surface area contributed by atoms with Gasteiger partial charge in [0.1, 0.15) is 4.90 Å². The molecule has 0 aromatic heterocycles. The van der Waals surface area contributed by atoms with Gasteiger partial charge >= 0.3 is 0 Å². The highest BCUT2D eigenvalue weighted by Crippen LogP contribution is 2.43. The molecule has 0 saturated heterocycles. The number of hydrogen-bond acceptors (Lipinski definition) is 5. The molecule has 0 spiro atoms. The lowest BCUT2D eigenvalue weighted by Gasteiger charge is -2.26. The SMILES string of the molecule is CN(C)c1cc(C(=O)Cl)c(Cl)c(S(=O)(=O)Cl)c1N(C)C. The van der Waals surface area contributed by atoms with Gasteiger partial charge in [-0.3, -0.25) is 4.79 Å². The van der Waals surface area contributed by atoms with Crippen molar-refractivity contribution in [3.05, 3.63) is 16.7 Å². The van der Waals surface area contributed by atoms with Crippen LogP contribution in [0.15, 0.2) is 11.0 Å². The summed E-state index contributed by atoms with van der Waals surface area (Å²) in [6.45, 7) is 0. The van der Waals surface area contributed by atoms with E-state index in [1.165, 1.54) is 6.07 Å². The Bertz CT molecular complexity index is 657. The van der Waals surface area contributed by atoms with Gasteiger partial charge in [-0.05, 0) is 17.7 Å². The smallest absolute Gasteiger partial charge is 0.264 e. The molecule has 0 amide bonds. The molecule has 0 atom stereocenters. The van der Waals surface area contributed by atoms with Crippen molar-refractivity contribution >= 4 is 59.6 Å². The first-order chi connectivity index (χ1) is 8.98. The number of anilines is 2. The largest absolute Gasteiger partial charge is 0.376 e. The van der Waals surface area contributed by atoms with Crippen LogP contribution in [0.1, 0.15) is 10.4 Å². The summed E-state index contributed by atoms with van der Waals surface area (Å²) >= 11 is 11.4. The number of nitrogens with zero attached hydrogens (tertiary/aromatic N) is 2. The summed E-state index contributed by atoms with van der Waals surface area (Å²) in [5.41, 5.74) is 0.640. The normalized spacial score (nSPS) is 11.3.